The van der Waals surface area contributed by atoms with Gasteiger partial charge in [-0.25, -0.2) is 4.98 Å². The van der Waals surface area contributed by atoms with E-state index in [0.717, 1.165) is 33.7 Å². The van der Waals surface area contributed by atoms with Crippen LogP contribution < -0.4 is 0 Å². The Balaban J connectivity index is 1.96. The first-order valence-corrected chi connectivity index (χ1v) is 7.73. The van der Waals surface area contributed by atoms with Gasteiger partial charge in [0.15, 0.2) is 0 Å². The lowest BCUT2D eigenvalue weighted by atomic mass is 10.0. The SMILES string of the molecule is CC(C)(O)CCn1cnc2ccc(-c3ccc(Cl)cc3)cc21. The highest BCUT2D eigenvalue weighted by molar-refractivity contribution is 6.30. The lowest BCUT2D eigenvalue weighted by molar-refractivity contribution is 0.0665. The van der Waals surface area contributed by atoms with Crippen LogP contribution in [0.2, 0.25) is 5.02 Å². The summed E-state index contributed by atoms with van der Waals surface area (Å²) in [5, 5.41) is 10.6. The van der Waals surface area contributed by atoms with Crippen LogP contribution >= 0.6 is 11.6 Å². The van der Waals surface area contributed by atoms with Crippen LogP contribution in [0.1, 0.15) is 20.3 Å². The summed E-state index contributed by atoms with van der Waals surface area (Å²) in [6.07, 6.45) is 2.52. The fraction of sp³-hybridized carbons (Fsp3) is 0.278. The van der Waals surface area contributed by atoms with Gasteiger partial charge in [0.2, 0.25) is 0 Å². The van der Waals surface area contributed by atoms with Gasteiger partial charge < -0.3 is 9.67 Å². The van der Waals surface area contributed by atoms with Gasteiger partial charge in [-0.2, -0.15) is 0 Å². The van der Waals surface area contributed by atoms with E-state index >= 15 is 0 Å². The Labute approximate surface area is 135 Å². The zero-order chi connectivity index (χ0) is 15.7. The predicted molar refractivity (Wildman–Crippen MR) is 91.1 cm³/mol. The van der Waals surface area contributed by atoms with Crippen molar-refractivity contribution >= 4 is 22.6 Å². The van der Waals surface area contributed by atoms with E-state index in [9.17, 15) is 5.11 Å². The first-order chi connectivity index (χ1) is 10.4. The van der Waals surface area contributed by atoms with Crippen molar-refractivity contribution in [3.8, 4) is 11.1 Å². The molecular formula is C18H19ClN2O. The Bertz CT molecular complexity index is 785. The van der Waals surface area contributed by atoms with E-state index in [0.29, 0.717) is 6.42 Å². The molecule has 3 nitrogen and oxygen atoms in total. The molecule has 0 bridgehead atoms. The molecule has 4 heteroatoms. The first kappa shape index (κ1) is 15.1. The predicted octanol–water partition coefficient (Wildman–Crippen LogP) is 4.52. The molecule has 0 aliphatic rings. The van der Waals surface area contributed by atoms with E-state index in [4.69, 9.17) is 11.6 Å². The van der Waals surface area contributed by atoms with Gasteiger partial charge in [-0.1, -0.05) is 29.8 Å². The normalized spacial score (nSPS) is 12.0. The minimum atomic E-state index is -0.676. The fourth-order valence-corrected chi connectivity index (χ4v) is 2.58. The number of fused-ring (bicyclic) bond motifs is 1. The molecule has 2 aromatic carbocycles. The van der Waals surface area contributed by atoms with Crippen LogP contribution in [0.5, 0.6) is 0 Å². The summed E-state index contributed by atoms with van der Waals surface area (Å²) in [7, 11) is 0. The maximum atomic E-state index is 9.90. The third kappa shape index (κ3) is 3.32. The van der Waals surface area contributed by atoms with Crippen molar-refractivity contribution in [1.82, 2.24) is 9.55 Å². The van der Waals surface area contributed by atoms with E-state index < -0.39 is 5.60 Å². The summed E-state index contributed by atoms with van der Waals surface area (Å²) in [6, 6.07) is 14.1. The van der Waals surface area contributed by atoms with Crippen molar-refractivity contribution in [2.24, 2.45) is 0 Å². The van der Waals surface area contributed by atoms with E-state index in [1.54, 1.807) is 0 Å². The third-order valence-electron chi connectivity index (χ3n) is 3.76. The van der Waals surface area contributed by atoms with Crippen LogP contribution in [-0.4, -0.2) is 20.3 Å². The minimum Gasteiger partial charge on any atom is -0.390 e. The van der Waals surface area contributed by atoms with Crippen LogP contribution in [0, 0.1) is 0 Å². The van der Waals surface area contributed by atoms with Crippen LogP contribution in [0.4, 0.5) is 0 Å². The van der Waals surface area contributed by atoms with E-state index in [2.05, 4.69) is 21.7 Å². The van der Waals surface area contributed by atoms with Crippen molar-refractivity contribution < 1.29 is 5.11 Å². The minimum absolute atomic E-state index is 0.676. The smallest absolute Gasteiger partial charge is 0.0958 e. The average molecular weight is 315 g/mol. The lowest BCUT2D eigenvalue weighted by Crippen LogP contribution is -2.20. The van der Waals surface area contributed by atoms with E-state index in [1.807, 2.05) is 50.5 Å². The number of aliphatic hydroxyl groups is 1. The number of hydrogen-bond acceptors (Lipinski definition) is 2. The Morgan fingerprint density at radius 2 is 1.77 bits per heavy atom. The first-order valence-electron chi connectivity index (χ1n) is 7.36. The number of benzene rings is 2. The number of nitrogens with zero attached hydrogens (tertiary/aromatic N) is 2. The summed E-state index contributed by atoms with van der Waals surface area (Å²) in [5.74, 6) is 0. The summed E-state index contributed by atoms with van der Waals surface area (Å²) < 4.78 is 2.09. The molecule has 114 valence electrons. The number of aromatic nitrogens is 2. The van der Waals surface area contributed by atoms with Gasteiger partial charge >= 0.3 is 0 Å². The number of imidazole rings is 1. The van der Waals surface area contributed by atoms with E-state index in [1.165, 1.54) is 0 Å². The number of hydrogen-bond donors (Lipinski definition) is 1. The van der Waals surface area contributed by atoms with Crippen molar-refractivity contribution in [2.75, 3.05) is 0 Å². The molecule has 0 fully saturated rings. The largest absolute Gasteiger partial charge is 0.390 e. The Kier molecular flexibility index (Phi) is 3.94. The summed E-state index contributed by atoms with van der Waals surface area (Å²) in [5.41, 5.74) is 3.63. The molecule has 0 aliphatic carbocycles. The topological polar surface area (TPSA) is 38.0 Å². The molecule has 0 radical (unpaired) electrons. The van der Waals surface area contributed by atoms with Gasteiger partial charge in [0.05, 0.1) is 23.0 Å². The third-order valence-corrected chi connectivity index (χ3v) is 4.02. The van der Waals surface area contributed by atoms with Crippen LogP contribution in [0.25, 0.3) is 22.2 Å². The summed E-state index contributed by atoms with van der Waals surface area (Å²) >= 11 is 5.95. The van der Waals surface area contributed by atoms with Crippen LogP contribution in [0.15, 0.2) is 48.8 Å². The van der Waals surface area contributed by atoms with Gasteiger partial charge in [-0.05, 0) is 55.7 Å². The van der Waals surface area contributed by atoms with Crippen molar-refractivity contribution in [3.63, 3.8) is 0 Å². The molecule has 1 heterocycles. The van der Waals surface area contributed by atoms with Crippen LogP contribution in [0.3, 0.4) is 0 Å². The van der Waals surface area contributed by atoms with Crippen molar-refractivity contribution in [3.05, 3.63) is 53.8 Å². The Hall–Kier alpha value is -1.84. The number of halogens is 1. The zero-order valence-corrected chi connectivity index (χ0v) is 13.5. The highest BCUT2D eigenvalue weighted by Crippen LogP contribution is 2.25. The molecule has 3 aromatic rings. The van der Waals surface area contributed by atoms with Crippen molar-refractivity contribution in [1.29, 1.82) is 0 Å². The Morgan fingerprint density at radius 1 is 1.09 bits per heavy atom. The second kappa shape index (κ2) is 5.75. The standard InChI is InChI=1S/C18H19ClN2O/c1-18(2,22)9-10-21-12-20-16-8-5-14(11-17(16)21)13-3-6-15(19)7-4-13/h3-8,11-12,22H,9-10H2,1-2H3. The second-order valence-corrected chi connectivity index (χ2v) is 6.65. The summed E-state index contributed by atoms with van der Waals surface area (Å²) in [6.45, 7) is 4.39. The molecule has 0 spiro atoms. The monoisotopic (exact) mass is 314 g/mol. The number of rotatable bonds is 4. The maximum absolute atomic E-state index is 9.90. The molecule has 0 saturated carbocycles. The molecule has 3 rings (SSSR count). The Morgan fingerprint density at radius 3 is 2.45 bits per heavy atom. The lowest BCUT2D eigenvalue weighted by Gasteiger charge is -2.17. The molecule has 0 atom stereocenters. The van der Waals surface area contributed by atoms with E-state index in [-0.39, 0.29) is 0 Å². The molecule has 0 unspecified atom stereocenters. The molecule has 1 aromatic heterocycles. The number of aryl methyl sites for hydroxylation is 1. The zero-order valence-electron chi connectivity index (χ0n) is 12.8. The highest BCUT2D eigenvalue weighted by atomic mass is 35.5. The highest BCUT2D eigenvalue weighted by Gasteiger charge is 2.13. The molecule has 22 heavy (non-hydrogen) atoms. The fourth-order valence-electron chi connectivity index (χ4n) is 2.45. The maximum Gasteiger partial charge on any atom is 0.0958 e. The van der Waals surface area contributed by atoms with Gasteiger partial charge in [-0.3, -0.25) is 0 Å². The molecular weight excluding hydrogens is 296 g/mol. The van der Waals surface area contributed by atoms with Gasteiger partial charge in [0, 0.05) is 11.6 Å². The molecule has 0 aliphatic heterocycles. The van der Waals surface area contributed by atoms with Gasteiger partial charge in [-0.15, -0.1) is 0 Å². The quantitative estimate of drug-likeness (QED) is 0.769. The molecule has 0 amide bonds. The van der Waals surface area contributed by atoms with Gasteiger partial charge in [0.1, 0.15) is 0 Å². The average Bonchev–Trinajstić information content (AvgIpc) is 2.87. The van der Waals surface area contributed by atoms with Gasteiger partial charge in [0.25, 0.3) is 0 Å². The molecule has 1 N–H and O–H groups in total. The summed E-state index contributed by atoms with van der Waals surface area (Å²) in [4.78, 5) is 4.43. The van der Waals surface area contributed by atoms with Crippen LogP contribution in [-0.2, 0) is 6.54 Å². The molecule has 0 saturated heterocycles. The second-order valence-electron chi connectivity index (χ2n) is 6.21. The van der Waals surface area contributed by atoms with Crippen molar-refractivity contribution in [2.45, 2.75) is 32.4 Å².